The SMILES string of the molecule is COc1ccc(CCc2cc(C)c(C(=O)N[C@@H]3COCC[C@H]3OC)c(=O)o2)cc1. The average molecular weight is 401 g/mol. The molecule has 0 unspecified atom stereocenters. The third-order valence-corrected chi connectivity index (χ3v) is 5.16. The summed E-state index contributed by atoms with van der Waals surface area (Å²) in [6.07, 6.45) is 1.84. The Bertz CT molecular complexity index is 889. The Morgan fingerprint density at radius 2 is 1.97 bits per heavy atom. The molecule has 0 spiro atoms. The molecule has 1 N–H and O–H groups in total. The van der Waals surface area contributed by atoms with Crippen molar-refractivity contribution in [3.8, 4) is 5.75 Å². The van der Waals surface area contributed by atoms with Crippen molar-refractivity contribution in [3.63, 3.8) is 0 Å². The first-order chi connectivity index (χ1) is 14.0. The summed E-state index contributed by atoms with van der Waals surface area (Å²) in [7, 11) is 3.23. The summed E-state index contributed by atoms with van der Waals surface area (Å²) in [5.41, 5.74) is 1.10. The molecule has 0 bridgehead atoms. The van der Waals surface area contributed by atoms with E-state index in [9.17, 15) is 9.59 Å². The molecule has 0 saturated carbocycles. The van der Waals surface area contributed by atoms with E-state index in [4.69, 9.17) is 18.6 Å². The van der Waals surface area contributed by atoms with E-state index in [2.05, 4.69) is 5.32 Å². The number of ether oxygens (including phenoxy) is 3. The first kappa shape index (κ1) is 21.1. The van der Waals surface area contributed by atoms with Crippen LogP contribution in [0, 0.1) is 6.92 Å². The highest BCUT2D eigenvalue weighted by Gasteiger charge is 2.29. The van der Waals surface area contributed by atoms with Gasteiger partial charge in [-0.2, -0.15) is 0 Å². The summed E-state index contributed by atoms with van der Waals surface area (Å²) in [6.45, 7) is 2.69. The molecular formula is C22H27NO6. The fourth-order valence-electron chi connectivity index (χ4n) is 3.50. The monoisotopic (exact) mass is 401 g/mol. The zero-order valence-corrected chi connectivity index (χ0v) is 17.0. The number of carbonyl (C=O) groups excluding carboxylic acids is 1. The number of nitrogens with one attached hydrogen (secondary N) is 1. The first-order valence-electron chi connectivity index (χ1n) is 9.69. The summed E-state index contributed by atoms with van der Waals surface area (Å²) in [6, 6.07) is 9.20. The Morgan fingerprint density at radius 1 is 1.21 bits per heavy atom. The van der Waals surface area contributed by atoms with Crippen LogP contribution < -0.4 is 15.7 Å². The van der Waals surface area contributed by atoms with E-state index in [0.29, 0.717) is 43.8 Å². The molecule has 156 valence electrons. The lowest BCUT2D eigenvalue weighted by molar-refractivity contribution is -0.0349. The maximum absolute atomic E-state index is 12.7. The second kappa shape index (κ2) is 9.71. The average Bonchev–Trinajstić information content (AvgIpc) is 2.72. The van der Waals surface area contributed by atoms with Crippen LogP contribution in [0.5, 0.6) is 5.75 Å². The quantitative estimate of drug-likeness (QED) is 0.766. The van der Waals surface area contributed by atoms with Crippen LogP contribution in [0.4, 0.5) is 0 Å². The molecule has 2 atom stereocenters. The molecule has 2 aromatic rings. The fourth-order valence-corrected chi connectivity index (χ4v) is 3.50. The van der Waals surface area contributed by atoms with E-state index in [1.165, 1.54) is 0 Å². The van der Waals surface area contributed by atoms with Crippen LogP contribution in [0.2, 0.25) is 0 Å². The van der Waals surface area contributed by atoms with E-state index in [1.807, 2.05) is 24.3 Å². The van der Waals surface area contributed by atoms with Gasteiger partial charge in [-0.25, -0.2) is 4.79 Å². The fraction of sp³-hybridized carbons (Fsp3) is 0.455. The zero-order valence-electron chi connectivity index (χ0n) is 17.0. The topological polar surface area (TPSA) is 87.0 Å². The molecule has 2 heterocycles. The summed E-state index contributed by atoms with van der Waals surface area (Å²) in [5.74, 6) is 0.886. The smallest absolute Gasteiger partial charge is 0.349 e. The molecule has 29 heavy (non-hydrogen) atoms. The second-order valence-electron chi connectivity index (χ2n) is 7.12. The van der Waals surface area contributed by atoms with E-state index < -0.39 is 11.5 Å². The minimum atomic E-state index is -0.627. The highest BCUT2D eigenvalue weighted by atomic mass is 16.5. The molecule has 7 heteroatoms. The number of rotatable bonds is 7. The van der Waals surface area contributed by atoms with Gasteiger partial charge in [0.1, 0.15) is 17.1 Å². The molecule has 1 aliphatic rings. The van der Waals surface area contributed by atoms with Gasteiger partial charge in [-0.05, 0) is 49.1 Å². The Morgan fingerprint density at radius 3 is 2.62 bits per heavy atom. The summed E-state index contributed by atoms with van der Waals surface area (Å²) >= 11 is 0. The van der Waals surface area contributed by atoms with Crippen molar-refractivity contribution in [3.05, 3.63) is 63.2 Å². The molecular weight excluding hydrogens is 374 g/mol. The maximum atomic E-state index is 12.7. The highest BCUT2D eigenvalue weighted by molar-refractivity contribution is 5.95. The molecule has 1 fully saturated rings. The first-order valence-corrected chi connectivity index (χ1v) is 9.69. The van der Waals surface area contributed by atoms with Gasteiger partial charge in [-0.15, -0.1) is 0 Å². The zero-order chi connectivity index (χ0) is 20.8. The number of carbonyl (C=O) groups is 1. The number of aryl methyl sites for hydroxylation is 3. The summed E-state index contributed by atoms with van der Waals surface area (Å²) < 4.78 is 21.4. The van der Waals surface area contributed by atoms with Crippen molar-refractivity contribution >= 4 is 5.91 Å². The Labute approximate surface area is 170 Å². The van der Waals surface area contributed by atoms with Crippen LogP contribution in [0.15, 0.2) is 39.5 Å². The van der Waals surface area contributed by atoms with Crippen molar-refractivity contribution in [2.45, 2.75) is 38.3 Å². The third-order valence-electron chi connectivity index (χ3n) is 5.16. The maximum Gasteiger partial charge on any atom is 0.349 e. The summed E-state index contributed by atoms with van der Waals surface area (Å²) in [5, 5.41) is 2.85. The minimum Gasteiger partial charge on any atom is -0.497 e. The molecule has 1 aromatic carbocycles. The van der Waals surface area contributed by atoms with Crippen LogP contribution in [-0.4, -0.2) is 45.5 Å². The van der Waals surface area contributed by atoms with Crippen LogP contribution in [0.1, 0.15) is 33.7 Å². The number of amides is 1. The van der Waals surface area contributed by atoms with Crippen molar-refractivity contribution in [1.29, 1.82) is 0 Å². The second-order valence-corrected chi connectivity index (χ2v) is 7.12. The standard InChI is InChI=1S/C22H27NO6/c1-14-12-17(9-6-15-4-7-16(26-2)8-5-15)29-22(25)20(14)21(24)23-18-13-28-11-10-19(18)27-3/h4-5,7-8,12,18-19H,6,9-11,13H2,1-3H3,(H,23,24)/t18-,19-/m1/s1. The lowest BCUT2D eigenvalue weighted by Gasteiger charge is -2.31. The molecule has 3 rings (SSSR count). The van der Waals surface area contributed by atoms with Crippen LogP contribution in [-0.2, 0) is 22.3 Å². The molecule has 7 nitrogen and oxygen atoms in total. The van der Waals surface area contributed by atoms with Crippen molar-refractivity contribution in [1.82, 2.24) is 5.32 Å². The lowest BCUT2D eigenvalue weighted by Crippen LogP contribution is -2.51. The predicted octanol–water partition coefficient (Wildman–Crippen LogP) is 2.28. The van der Waals surface area contributed by atoms with Crippen molar-refractivity contribution in [2.24, 2.45) is 0 Å². The van der Waals surface area contributed by atoms with E-state index in [1.54, 1.807) is 27.2 Å². The summed E-state index contributed by atoms with van der Waals surface area (Å²) in [4.78, 5) is 25.2. The van der Waals surface area contributed by atoms with Gasteiger partial charge in [0.25, 0.3) is 5.91 Å². The Kier molecular flexibility index (Phi) is 7.06. The van der Waals surface area contributed by atoms with Gasteiger partial charge < -0.3 is 23.9 Å². The normalized spacial score (nSPS) is 19.0. The molecule has 1 saturated heterocycles. The van der Waals surface area contributed by atoms with Gasteiger partial charge in [0, 0.05) is 20.1 Å². The van der Waals surface area contributed by atoms with E-state index >= 15 is 0 Å². The van der Waals surface area contributed by atoms with Crippen molar-refractivity contribution < 1.29 is 23.4 Å². The molecule has 0 aliphatic carbocycles. The van der Waals surface area contributed by atoms with Crippen LogP contribution >= 0.6 is 0 Å². The van der Waals surface area contributed by atoms with Gasteiger partial charge in [0.15, 0.2) is 0 Å². The molecule has 1 amide bonds. The van der Waals surface area contributed by atoms with E-state index in [-0.39, 0.29) is 17.7 Å². The largest absolute Gasteiger partial charge is 0.497 e. The number of methoxy groups -OCH3 is 2. The predicted molar refractivity (Wildman–Crippen MR) is 108 cm³/mol. The molecule has 0 radical (unpaired) electrons. The number of benzene rings is 1. The van der Waals surface area contributed by atoms with Crippen LogP contribution in [0.25, 0.3) is 0 Å². The highest BCUT2D eigenvalue weighted by Crippen LogP contribution is 2.15. The number of hydrogen-bond donors (Lipinski definition) is 1. The van der Waals surface area contributed by atoms with E-state index in [0.717, 1.165) is 11.3 Å². The minimum absolute atomic E-state index is 0.0265. The Hall–Kier alpha value is -2.64. The molecule has 1 aliphatic heterocycles. The molecule has 1 aromatic heterocycles. The van der Waals surface area contributed by atoms with Crippen molar-refractivity contribution in [2.75, 3.05) is 27.4 Å². The van der Waals surface area contributed by atoms with Gasteiger partial charge >= 0.3 is 5.63 Å². The van der Waals surface area contributed by atoms with Gasteiger partial charge in [0.2, 0.25) is 0 Å². The van der Waals surface area contributed by atoms with Gasteiger partial charge in [0.05, 0.1) is 25.9 Å². The van der Waals surface area contributed by atoms with Gasteiger partial charge in [-0.1, -0.05) is 12.1 Å². The number of hydrogen-bond acceptors (Lipinski definition) is 6. The van der Waals surface area contributed by atoms with Gasteiger partial charge in [-0.3, -0.25) is 4.79 Å². The Balaban J connectivity index is 1.68. The lowest BCUT2D eigenvalue weighted by atomic mass is 10.0. The third kappa shape index (κ3) is 5.25. The van der Waals surface area contributed by atoms with Crippen LogP contribution in [0.3, 0.4) is 0 Å².